The molecule has 1 atom stereocenters. The second-order valence-corrected chi connectivity index (χ2v) is 6.83. The first-order chi connectivity index (χ1) is 12.0. The topological polar surface area (TPSA) is 38.8 Å². The fourth-order valence-electron chi connectivity index (χ4n) is 3.10. The fourth-order valence-corrected chi connectivity index (χ4v) is 3.40. The van der Waals surface area contributed by atoms with Crippen LogP contribution in [0.2, 0.25) is 10.0 Å². The number of methoxy groups -OCH3 is 2. The molecule has 1 amide bonds. The Morgan fingerprint density at radius 3 is 2.32 bits per heavy atom. The molecule has 0 aliphatic carbocycles. The van der Waals surface area contributed by atoms with Crippen molar-refractivity contribution in [2.75, 3.05) is 27.3 Å². The lowest BCUT2D eigenvalue weighted by atomic mass is 9.99. The van der Waals surface area contributed by atoms with Gasteiger partial charge in [0.1, 0.15) is 11.5 Å². The highest BCUT2D eigenvalue weighted by Gasteiger charge is 2.28. The normalized spacial score (nSPS) is 16.8. The molecule has 25 heavy (non-hydrogen) atoms. The lowest BCUT2D eigenvalue weighted by Crippen LogP contribution is -2.28. The molecule has 2 aromatic carbocycles. The molecule has 0 saturated carbocycles. The Morgan fingerprint density at radius 1 is 1.04 bits per heavy atom. The SMILES string of the molecule is COc1cc(OC)cc(C(=O)N2CCC(c3ccc(Cl)c(Cl)c3)C2)c1. The second-order valence-electron chi connectivity index (χ2n) is 6.01. The zero-order valence-corrected chi connectivity index (χ0v) is 15.6. The van der Waals surface area contributed by atoms with E-state index in [4.69, 9.17) is 32.7 Å². The van der Waals surface area contributed by atoms with E-state index in [1.54, 1.807) is 38.5 Å². The van der Waals surface area contributed by atoms with E-state index in [-0.39, 0.29) is 11.8 Å². The third kappa shape index (κ3) is 3.86. The third-order valence-electron chi connectivity index (χ3n) is 4.49. The Labute approximate surface area is 157 Å². The average Bonchev–Trinajstić information content (AvgIpc) is 3.12. The molecular formula is C19H19Cl2NO3. The molecule has 1 aliphatic rings. The van der Waals surface area contributed by atoms with Crippen LogP contribution in [0.15, 0.2) is 36.4 Å². The average molecular weight is 380 g/mol. The molecule has 4 nitrogen and oxygen atoms in total. The maximum Gasteiger partial charge on any atom is 0.254 e. The van der Waals surface area contributed by atoms with Crippen molar-refractivity contribution in [3.05, 3.63) is 57.6 Å². The number of carbonyl (C=O) groups excluding carboxylic acids is 1. The number of nitrogens with zero attached hydrogens (tertiary/aromatic N) is 1. The molecule has 0 aromatic heterocycles. The number of benzene rings is 2. The minimum atomic E-state index is -0.0280. The van der Waals surface area contributed by atoms with Gasteiger partial charge in [0.25, 0.3) is 5.91 Å². The quantitative estimate of drug-likeness (QED) is 0.776. The molecule has 132 valence electrons. The van der Waals surface area contributed by atoms with Crippen molar-refractivity contribution >= 4 is 29.1 Å². The van der Waals surface area contributed by atoms with Crippen LogP contribution < -0.4 is 9.47 Å². The van der Waals surface area contributed by atoms with E-state index in [0.717, 1.165) is 12.0 Å². The van der Waals surface area contributed by atoms with Gasteiger partial charge in [-0.2, -0.15) is 0 Å². The van der Waals surface area contributed by atoms with Crippen molar-refractivity contribution in [1.29, 1.82) is 0 Å². The molecule has 1 aliphatic heterocycles. The van der Waals surface area contributed by atoms with Crippen LogP contribution in [-0.4, -0.2) is 38.1 Å². The van der Waals surface area contributed by atoms with Crippen LogP contribution in [0.5, 0.6) is 11.5 Å². The Balaban J connectivity index is 1.77. The van der Waals surface area contributed by atoms with Crippen LogP contribution >= 0.6 is 23.2 Å². The van der Waals surface area contributed by atoms with E-state index in [2.05, 4.69) is 0 Å². The summed E-state index contributed by atoms with van der Waals surface area (Å²) in [5.74, 6) is 1.43. The van der Waals surface area contributed by atoms with Gasteiger partial charge in [0.15, 0.2) is 0 Å². The standard InChI is InChI=1S/C19H19Cl2NO3/c1-24-15-7-14(8-16(10-15)25-2)19(23)22-6-5-13(11-22)12-3-4-17(20)18(21)9-12/h3-4,7-10,13H,5-6,11H2,1-2H3. The molecule has 0 N–H and O–H groups in total. The molecule has 0 bridgehead atoms. The summed E-state index contributed by atoms with van der Waals surface area (Å²) in [5.41, 5.74) is 1.67. The second kappa shape index (κ2) is 7.54. The van der Waals surface area contributed by atoms with Gasteiger partial charge in [-0.05, 0) is 36.2 Å². The van der Waals surface area contributed by atoms with Gasteiger partial charge in [-0.15, -0.1) is 0 Å². The van der Waals surface area contributed by atoms with Crippen molar-refractivity contribution in [2.45, 2.75) is 12.3 Å². The van der Waals surface area contributed by atoms with Crippen LogP contribution in [-0.2, 0) is 0 Å². The molecule has 1 heterocycles. The maximum absolute atomic E-state index is 12.8. The number of rotatable bonds is 4. The van der Waals surface area contributed by atoms with Gasteiger partial charge < -0.3 is 14.4 Å². The van der Waals surface area contributed by atoms with E-state index in [0.29, 0.717) is 40.2 Å². The number of likely N-dealkylation sites (tertiary alicyclic amines) is 1. The van der Waals surface area contributed by atoms with Crippen LogP contribution in [0.25, 0.3) is 0 Å². The Morgan fingerprint density at radius 2 is 1.72 bits per heavy atom. The third-order valence-corrected chi connectivity index (χ3v) is 5.23. The number of amides is 1. The molecule has 1 fully saturated rings. The van der Waals surface area contributed by atoms with Crippen molar-refractivity contribution in [2.24, 2.45) is 0 Å². The monoisotopic (exact) mass is 379 g/mol. The molecule has 3 rings (SSSR count). The first kappa shape index (κ1) is 17.9. The number of carbonyl (C=O) groups is 1. The van der Waals surface area contributed by atoms with E-state index < -0.39 is 0 Å². The fraction of sp³-hybridized carbons (Fsp3) is 0.316. The molecule has 2 aromatic rings. The van der Waals surface area contributed by atoms with Gasteiger partial charge in [0, 0.05) is 30.6 Å². The zero-order valence-electron chi connectivity index (χ0n) is 14.1. The van der Waals surface area contributed by atoms with E-state index in [9.17, 15) is 4.79 Å². The van der Waals surface area contributed by atoms with Crippen molar-refractivity contribution < 1.29 is 14.3 Å². The summed E-state index contributed by atoms with van der Waals surface area (Å²) in [5, 5.41) is 1.08. The predicted molar refractivity (Wildman–Crippen MR) is 99.3 cm³/mol. The Bertz CT molecular complexity index is 772. The van der Waals surface area contributed by atoms with Crippen LogP contribution in [0, 0.1) is 0 Å². The summed E-state index contributed by atoms with van der Waals surface area (Å²) in [6.45, 7) is 1.35. The van der Waals surface area contributed by atoms with Gasteiger partial charge in [-0.1, -0.05) is 29.3 Å². The van der Waals surface area contributed by atoms with Crippen molar-refractivity contribution in [3.8, 4) is 11.5 Å². The summed E-state index contributed by atoms with van der Waals surface area (Å²) in [7, 11) is 3.14. The Kier molecular flexibility index (Phi) is 5.40. The summed E-state index contributed by atoms with van der Waals surface area (Å²) in [6.07, 6.45) is 0.894. The highest BCUT2D eigenvalue weighted by Crippen LogP contribution is 2.33. The van der Waals surface area contributed by atoms with E-state index >= 15 is 0 Å². The van der Waals surface area contributed by atoms with Crippen LogP contribution in [0.3, 0.4) is 0 Å². The van der Waals surface area contributed by atoms with Crippen LogP contribution in [0.1, 0.15) is 28.3 Å². The number of hydrogen-bond acceptors (Lipinski definition) is 3. The number of ether oxygens (including phenoxy) is 2. The number of halogens is 2. The highest BCUT2D eigenvalue weighted by molar-refractivity contribution is 6.42. The van der Waals surface area contributed by atoms with Gasteiger partial charge >= 0.3 is 0 Å². The molecular weight excluding hydrogens is 361 g/mol. The lowest BCUT2D eigenvalue weighted by Gasteiger charge is -2.18. The summed E-state index contributed by atoms with van der Waals surface area (Å²) >= 11 is 12.1. The summed E-state index contributed by atoms with van der Waals surface area (Å²) in [6, 6.07) is 10.9. The van der Waals surface area contributed by atoms with Gasteiger partial charge in [-0.3, -0.25) is 4.79 Å². The number of hydrogen-bond donors (Lipinski definition) is 0. The molecule has 1 unspecified atom stereocenters. The molecule has 1 saturated heterocycles. The van der Waals surface area contributed by atoms with Crippen molar-refractivity contribution in [1.82, 2.24) is 4.90 Å². The first-order valence-corrected chi connectivity index (χ1v) is 8.74. The molecule has 0 radical (unpaired) electrons. The summed E-state index contributed by atoms with van der Waals surface area (Å²) in [4.78, 5) is 14.7. The first-order valence-electron chi connectivity index (χ1n) is 7.99. The highest BCUT2D eigenvalue weighted by atomic mass is 35.5. The van der Waals surface area contributed by atoms with E-state index in [1.165, 1.54) is 0 Å². The van der Waals surface area contributed by atoms with E-state index in [1.807, 2.05) is 17.0 Å². The van der Waals surface area contributed by atoms with Crippen molar-refractivity contribution in [3.63, 3.8) is 0 Å². The van der Waals surface area contributed by atoms with Gasteiger partial charge in [0.2, 0.25) is 0 Å². The van der Waals surface area contributed by atoms with Gasteiger partial charge in [-0.25, -0.2) is 0 Å². The Hall–Kier alpha value is -1.91. The van der Waals surface area contributed by atoms with Crippen LogP contribution in [0.4, 0.5) is 0 Å². The zero-order chi connectivity index (χ0) is 18.0. The smallest absolute Gasteiger partial charge is 0.254 e. The largest absolute Gasteiger partial charge is 0.497 e. The minimum Gasteiger partial charge on any atom is -0.497 e. The molecule has 0 spiro atoms. The summed E-state index contributed by atoms with van der Waals surface area (Å²) < 4.78 is 10.5. The molecule has 6 heteroatoms. The predicted octanol–water partition coefficient (Wildman–Crippen LogP) is 4.64. The minimum absolute atomic E-state index is 0.0280. The van der Waals surface area contributed by atoms with Gasteiger partial charge in [0.05, 0.1) is 24.3 Å². The lowest BCUT2D eigenvalue weighted by molar-refractivity contribution is 0.0790. The maximum atomic E-state index is 12.8.